The van der Waals surface area contributed by atoms with Gasteiger partial charge in [-0.15, -0.1) is 11.8 Å². The lowest BCUT2D eigenvalue weighted by atomic mass is 9.87. The third-order valence-corrected chi connectivity index (χ3v) is 7.65. The molecule has 1 aromatic heterocycles. The van der Waals surface area contributed by atoms with Gasteiger partial charge in [-0.3, -0.25) is 14.5 Å². The van der Waals surface area contributed by atoms with Gasteiger partial charge < -0.3 is 10.2 Å². The number of rotatable bonds is 7. The molecule has 1 aliphatic rings. The molecule has 1 atom stereocenters. The number of hydrogen-bond donors (Lipinski definition) is 1. The summed E-state index contributed by atoms with van der Waals surface area (Å²) in [6.07, 6.45) is 0. The summed E-state index contributed by atoms with van der Waals surface area (Å²) in [6.45, 7) is 9.36. The molecule has 0 bridgehead atoms. The van der Waals surface area contributed by atoms with E-state index < -0.39 is 0 Å². The number of fused-ring (bicyclic) bond motifs is 1. The lowest BCUT2D eigenvalue weighted by Gasteiger charge is -2.25. The number of benzene rings is 2. The average Bonchev–Trinajstić information content (AvgIpc) is 3.17. The van der Waals surface area contributed by atoms with Gasteiger partial charge in [0.2, 0.25) is 11.8 Å². The van der Waals surface area contributed by atoms with Crippen molar-refractivity contribution in [3.05, 3.63) is 76.7 Å². The van der Waals surface area contributed by atoms with Gasteiger partial charge in [-0.05, 0) is 50.8 Å². The van der Waals surface area contributed by atoms with Crippen LogP contribution in [0.25, 0.3) is 5.69 Å². The number of thioether (sulfide) groups is 1. The number of carbonyl (C=O) groups excluding carboxylic acids is 2. The monoisotopic (exact) mass is 537 g/mol. The number of halogens is 1. The van der Waals surface area contributed by atoms with Crippen LogP contribution in [-0.2, 0) is 15.0 Å². The number of nitrogens with one attached hydrogen (secondary N) is 1. The molecule has 38 heavy (non-hydrogen) atoms. The summed E-state index contributed by atoms with van der Waals surface area (Å²) in [7, 11) is 3.88. The van der Waals surface area contributed by atoms with E-state index in [-0.39, 0.29) is 40.6 Å². The van der Waals surface area contributed by atoms with Crippen molar-refractivity contribution in [2.45, 2.75) is 38.4 Å². The highest BCUT2D eigenvalue weighted by Gasteiger charge is 2.39. The normalized spacial score (nSPS) is 15.9. The Morgan fingerprint density at radius 2 is 1.89 bits per heavy atom. The third kappa shape index (κ3) is 6.10. The Kier molecular flexibility index (Phi) is 8.28. The van der Waals surface area contributed by atoms with Crippen LogP contribution < -0.4 is 10.2 Å². The Morgan fingerprint density at radius 3 is 2.53 bits per heavy atom. The van der Waals surface area contributed by atoms with Crippen LogP contribution in [0, 0.1) is 12.7 Å². The van der Waals surface area contributed by atoms with Gasteiger partial charge >= 0.3 is 0 Å². The van der Waals surface area contributed by atoms with Gasteiger partial charge in [0.15, 0.2) is 0 Å². The first-order valence-electron chi connectivity index (χ1n) is 12.7. The number of carbonyl (C=O) groups is 2. The van der Waals surface area contributed by atoms with E-state index in [1.165, 1.54) is 12.1 Å². The maximum absolute atomic E-state index is 13.9. The zero-order chi connectivity index (χ0) is 27.6. The first-order chi connectivity index (χ1) is 18.0. The molecule has 0 spiro atoms. The highest BCUT2D eigenvalue weighted by molar-refractivity contribution is 8.00. The van der Waals surface area contributed by atoms with E-state index in [9.17, 15) is 14.0 Å². The summed E-state index contributed by atoms with van der Waals surface area (Å²) >= 11 is 1.55. The van der Waals surface area contributed by atoms with Gasteiger partial charge in [0.05, 0.1) is 22.4 Å². The van der Waals surface area contributed by atoms with Crippen LogP contribution in [-0.4, -0.2) is 66.0 Å². The summed E-state index contributed by atoms with van der Waals surface area (Å²) < 4.78 is 15.6. The quantitative estimate of drug-likeness (QED) is 0.482. The highest BCUT2D eigenvalue weighted by atomic mass is 32.2. The van der Waals surface area contributed by atoms with E-state index in [1.807, 2.05) is 38.1 Å². The third-order valence-electron chi connectivity index (χ3n) is 6.40. The van der Waals surface area contributed by atoms with Crippen LogP contribution in [0.2, 0.25) is 0 Å². The second kappa shape index (κ2) is 11.3. The fourth-order valence-corrected chi connectivity index (χ4v) is 5.74. The van der Waals surface area contributed by atoms with Crippen LogP contribution in [0.1, 0.15) is 48.4 Å². The van der Waals surface area contributed by atoms with Crippen molar-refractivity contribution in [1.29, 1.82) is 0 Å². The minimum Gasteiger partial charge on any atom is -0.353 e. The van der Waals surface area contributed by atoms with Crippen LogP contribution in [0.4, 0.5) is 10.2 Å². The molecule has 0 fully saturated rings. The zero-order valence-electron chi connectivity index (χ0n) is 22.9. The SMILES string of the molecule is Cc1cccc([C@@H]2SCC(=O)N(CC(=O)NCCN(C)C)c3c2c(C(C)(C)C)nn3-c2ccc(F)cc2)c1. The lowest BCUT2D eigenvalue weighted by molar-refractivity contribution is -0.122. The van der Waals surface area contributed by atoms with Gasteiger partial charge in [0.25, 0.3) is 0 Å². The molecule has 9 heteroatoms. The van der Waals surface area contributed by atoms with E-state index in [0.29, 0.717) is 24.6 Å². The molecule has 1 aliphatic heterocycles. The largest absolute Gasteiger partial charge is 0.353 e. The maximum Gasteiger partial charge on any atom is 0.240 e. The first kappa shape index (κ1) is 27.9. The molecule has 3 aromatic rings. The van der Waals surface area contributed by atoms with Crippen molar-refractivity contribution >= 4 is 29.4 Å². The molecule has 0 saturated heterocycles. The molecule has 0 aliphatic carbocycles. The van der Waals surface area contributed by atoms with Crippen molar-refractivity contribution in [2.24, 2.45) is 0 Å². The van der Waals surface area contributed by atoms with Crippen LogP contribution in [0.5, 0.6) is 0 Å². The molecular formula is C29H36FN5O2S. The van der Waals surface area contributed by atoms with Gasteiger partial charge in [-0.25, -0.2) is 9.07 Å². The van der Waals surface area contributed by atoms with Crippen molar-refractivity contribution in [3.8, 4) is 5.69 Å². The maximum atomic E-state index is 13.9. The smallest absolute Gasteiger partial charge is 0.240 e. The number of nitrogens with zero attached hydrogens (tertiary/aromatic N) is 4. The fraction of sp³-hybridized carbons (Fsp3) is 0.414. The molecule has 4 rings (SSSR count). The lowest BCUT2D eigenvalue weighted by Crippen LogP contribution is -2.43. The molecule has 0 radical (unpaired) electrons. The van der Waals surface area contributed by atoms with Crippen molar-refractivity contribution in [2.75, 3.05) is 44.4 Å². The highest BCUT2D eigenvalue weighted by Crippen LogP contribution is 2.48. The Bertz CT molecular complexity index is 1310. The van der Waals surface area contributed by atoms with Crippen molar-refractivity contribution in [3.63, 3.8) is 0 Å². The first-order valence-corrected chi connectivity index (χ1v) is 13.8. The van der Waals surface area contributed by atoms with Crippen LogP contribution >= 0.6 is 11.8 Å². The molecular weight excluding hydrogens is 501 g/mol. The Labute approximate surface area is 228 Å². The average molecular weight is 538 g/mol. The number of aryl methyl sites for hydroxylation is 1. The summed E-state index contributed by atoms with van der Waals surface area (Å²) in [5.74, 6) is 0.00748. The number of anilines is 1. The molecule has 2 aromatic carbocycles. The minimum atomic E-state index is -0.357. The van der Waals surface area contributed by atoms with E-state index in [2.05, 4.69) is 38.2 Å². The number of amides is 2. The van der Waals surface area contributed by atoms with Crippen molar-refractivity contribution in [1.82, 2.24) is 20.0 Å². The fourth-order valence-electron chi connectivity index (χ4n) is 4.55. The summed E-state index contributed by atoms with van der Waals surface area (Å²) in [5, 5.41) is 7.79. The molecule has 0 saturated carbocycles. The summed E-state index contributed by atoms with van der Waals surface area (Å²) in [5.41, 5.74) is 4.21. The standard InChI is InChI=1S/C29H36FN5O2S/c1-19-8-7-9-20(16-19)26-25-27(29(2,3)4)32-35(22-12-10-21(30)11-13-22)28(25)34(24(37)18-38-26)17-23(36)31-14-15-33(5)6/h7-13,16,26H,14-15,17-18H2,1-6H3,(H,31,36)/t26-/m0/s1. The summed E-state index contributed by atoms with van der Waals surface area (Å²) in [4.78, 5) is 30.2. The molecule has 0 unspecified atom stereocenters. The van der Waals surface area contributed by atoms with Crippen molar-refractivity contribution < 1.29 is 14.0 Å². The topological polar surface area (TPSA) is 70.5 Å². The van der Waals surface area contributed by atoms with E-state index in [4.69, 9.17) is 5.10 Å². The number of aromatic nitrogens is 2. The molecule has 1 N–H and O–H groups in total. The molecule has 7 nitrogen and oxygen atoms in total. The molecule has 202 valence electrons. The Morgan fingerprint density at radius 1 is 1.18 bits per heavy atom. The van der Waals surface area contributed by atoms with Crippen LogP contribution in [0.3, 0.4) is 0 Å². The van der Waals surface area contributed by atoms with Gasteiger partial charge in [0.1, 0.15) is 18.2 Å². The van der Waals surface area contributed by atoms with Gasteiger partial charge in [-0.2, -0.15) is 5.10 Å². The van der Waals surface area contributed by atoms with E-state index >= 15 is 0 Å². The van der Waals surface area contributed by atoms with Gasteiger partial charge in [-0.1, -0.05) is 50.6 Å². The van der Waals surface area contributed by atoms with Crippen LogP contribution in [0.15, 0.2) is 48.5 Å². The second-order valence-corrected chi connectivity index (χ2v) is 12.1. The number of hydrogen-bond acceptors (Lipinski definition) is 5. The minimum absolute atomic E-state index is 0.128. The molecule has 2 heterocycles. The predicted octanol–water partition coefficient (Wildman–Crippen LogP) is 4.46. The van der Waals surface area contributed by atoms with E-state index in [0.717, 1.165) is 22.4 Å². The zero-order valence-corrected chi connectivity index (χ0v) is 23.7. The summed E-state index contributed by atoms with van der Waals surface area (Å²) in [6, 6.07) is 14.3. The predicted molar refractivity (Wildman–Crippen MR) is 152 cm³/mol. The second-order valence-electron chi connectivity index (χ2n) is 11.0. The van der Waals surface area contributed by atoms with E-state index in [1.54, 1.807) is 33.5 Å². The van der Waals surface area contributed by atoms with Gasteiger partial charge in [0, 0.05) is 24.1 Å². The Hall–Kier alpha value is -3.17. The Balaban J connectivity index is 1.92. The number of likely N-dealkylation sites (N-methyl/N-ethyl adjacent to an activating group) is 1. The molecule has 2 amide bonds.